The zero-order chi connectivity index (χ0) is 15.2. The molecule has 1 rings (SSSR count). The van der Waals surface area contributed by atoms with Crippen molar-refractivity contribution in [3.05, 3.63) is 0 Å². The lowest BCUT2D eigenvalue weighted by atomic mass is 9.84. The highest BCUT2D eigenvalue weighted by atomic mass is 15.1. The van der Waals surface area contributed by atoms with E-state index in [1.807, 2.05) is 6.92 Å². The fraction of sp³-hybridized carbons (Fsp3) is 0.941. The summed E-state index contributed by atoms with van der Waals surface area (Å²) in [4.78, 5) is 2.60. The number of rotatable bonds is 7. The molecule has 1 aliphatic rings. The first-order valence-electron chi connectivity index (χ1n) is 8.18. The fourth-order valence-electron chi connectivity index (χ4n) is 3.35. The molecule has 0 aromatic rings. The minimum atomic E-state index is -0.366. The molecule has 1 aliphatic heterocycles. The van der Waals surface area contributed by atoms with E-state index in [0.717, 1.165) is 12.8 Å². The second kappa shape index (κ2) is 7.43. The summed E-state index contributed by atoms with van der Waals surface area (Å²) in [6.07, 6.45) is 5.96. The molecule has 1 heterocycles. The van der Waals surface area contributed by atoms with Gasteiger partial charge in [-0.1, -0.05) is 13.8 Å². The molecule has 0 aromatic carbocycles. The quantitative estimate of drug-likeness (QED) is 0.724. The monoisotopic (exact) mass is 279 g/mol. The van der Waals surface area contributed by atoms with Crippen LogP contribution < -0.4 is 5.32 Å². The van der Waals surface area contributed by atoms with Crippen LogP contribution >= 0.6 is 0 Å². The maximum absolute atomic E-state index is 9.33. The maximum Gasteiger partial charge on any atom is 0.104 e. The van der Waals surface area contributed by atoms with Gasteiger partial charge in [-0.15, -0.1) is 0 Å². The number of piperidine rings is 1. The molecule has 3 nitrogen and oxygen atoms in total. The van der Waals surface area contributed by atoms with E-state index in [9.17, 15) is 5.26 Å². The Kier molecular flexibility index (Phi) is 6.48. The van der Waals surface area contributed by atoms with Crippen molar-refractivity contribution in [2.75, 3.05) is 19.6 Å². The number of hydrogen-bond acceptors (Lipinski definition) is 3. The van der Waals surface area contributed by atoms with Crippen LogP contribution in [-0.2, 0) is 0 Å². The molecule has 1 N–H and O–H groups in total. The Balaban J connectivity index is 2.26. The Morgan fingerprint density at radius 3 is 2.60 bits per heavy atom. The largest absolute Gasteiger partial charge is 0.303 e. The summed E-state index contributed by atoms with van der Waals surface area (Å²) in [6.45, 7) is 14.6. The van der Waals surface area contributed by atoms with Gasteiger partial charge in [0.25, 0.3) is 0 Å². The molecular formula is C17H33N3. The molecular weight excluding hydrogens is 246 g/mol. The SMILES string of the molecule is CC(C)NC(C)(C#N)CCCCN1CCCC(C)(C)C1. The Bertz CT molecular complexity index is 330. The Morgan fingerprint density at radius 2 is 2.05 bits per heavy atom. The summed E-state index contributed by atoms with van der Waals surface area (Å²) >= 11 is 0. The van der Waals surface area contributed by atoms with E-state index in [1.54, 1.807) is 0 Å². The smallest absolute Gasteiger partial charge is 0.104 e. The summed E-state index contributed by atoms with van der Waals surface area (Å²) < 4.78 is 0. The van der Waals surface area contributed by atoms with Crippen LogP contribution in [0, 0.1) is 16.7 Å². The molecule has 20 heavy (non-hydrogen) atoms. The van der Waals surface area contributed by atoms with E-state index in [-0.39, 0.29) is 5.54 Å². The summed E-state index contributed by atoms with van der Waals surface area (Å²) in [5, 5.41) is 12.7. The first-order valence-corrected chi connectivity index (χ1v) is 8.18. The summed E-state index contributed by atoms with van der Waals surface area (Å²) in [5.74, 6) is 0. The number of nitrogens with zero attached hydrogens (tertiary/aromatic N) is 2. The number of nitrogens with one attached hydrogen (secondary N) is 1. The van der Waals surface area contributed by atoms with E-state index < -0.39 is 0 Å². The van der Waals surface area contributed by atoms with Crippen molar-refractivity contribution >= 4 is 0 Å². The van der Waals surface area contributed by atoms with Gasteiger partial charge in [0.15, 0.2) is 0 Å². The molecule has 0 spiro atoms. The van der Waals surface area contributed by atoms with Gasteiger partial charge in [0, 0.05) is 12.6 Å². The normalized spacial score (nSPS) is 22.4. The van der Waals surface area contributed by atoms with Crippen LogP contribution in [0.1, 0.15) is 66.7 Å². The van der Waals surface area contributed by atoms with Crippen molar-refractivity contribution in [1.29, 1.82) is 5.26 Å². The maximum atomic E-state index is 9.33. The van der Waals surface area contributed by atoms with Gasteiger partial charge in [0.05, 0.1) is 6.07 Å². The molecule has 3 heteroatoms. The van der Waals surface area contributed by atoms with Crippen LogP contribution in [0.15, 0.2) is 0 Å². The third-order valence-electron chi connectivity index (χ3n) is 4.23. The van der Waals surface area contributed by atoms with Crippen LogP contribution in [0.25, 0.3) is 0 Å². The zero-order valence-electron chi connectivity index (χ0n) is 14.1. The Morgan fingerprint density at radius 1 is 1.35 bits per heavy atom. The molecule has 0 saturated carbocycles. The molecule has 1 fully saturated rings. The third-order valence-corrected chi connectivity index (χ3v) is 4.23. The summed E-state index contributed by atoms with van der Waals surface area (Å²) in [7, 11) is 0. The zero-order valence-corrected chi connectivity index (χ0v) is 14.1. The lowest BCUT2D eigenvalue weighted by molar-refractivity contribution is 0.115. The predicted molar refractivity (Wildman–Crippen MR) is 85.6 cm³/mol. The van der Waals surface area contributed by atoms with E-state index in [2.05, 4.69) is 44.0 Å². The Labute approximate surface area is 125 Å². The number of likely N-dealkylation sites (tertiary alicyclic amines) is 1. The summed E-state index contributed by atoms with van der Waals surface area (Å²) in [6, 6.07) is 2.80. The predicted octanol–water partition coefficient (Wildman–Crippen LogP) is 3.56. The van der Waals surface area contributed by atoms with Crippen LogP contribution in [-0.4, -0.2) is 36.1 Å². The van der Waals surface area contributed by atoms with Gasteiger partial charge < -0.3 is 4.90 Å². The highest BCUT2D eigenvalue weighted by molar-refractivity contribution is 5.04. The van der Waals surface area contributed by atoms with Gasteiger partial charge in [0.1, 0.15) is 5.54 Å². The topological polar surface area (TPSA) is 39.1 Å². The van der Waals surface area contributed by atoms with Crippen LogP contribution in [0.4, 0.5) is 0 Å². The fourth-order valence-corrected chi connectivity index (χ4v) is 3.35. The minimum absolute atomic E-state index is 0.363. The van der Waals surface area contributed by atoms with Gasteiger partial charge in [0.2, 0.25) is 0 Å². The highest BCUT2D eigenvalue weighted by Gasteiger charge is 2.26. The molecule has 1 saturated heterocycles. The van der Waals surface area contributed by atoms with Crippen molar-refractivity contribution in [3.8, 4) is 6.07 Å². The molecule has 1 atom stereocenters. The number of nitriles is 1. The van der Waals surface area contributed by atoms with E-state index in [0.29, 0.717) is 11.5 Å². The molecule has 1 unspecified atom stereocenters. The second-order valence-corrected chi connectivity index (χ2v) is 7.74. The van der Waals surface area contributed by atoms with Crippen molar-refractivity contribution in [1.82, 2.24) is 10.2 Å². The van der Waals surface area contributed by atoms with E-state index >= 15 is 0 Å². The van der Waals surface area contributed by atoms with Gasteiger partial charge >= 0.3 is 0 Å². The first kappa shape index (κ1) is 17.5. The third kappa shape index (κ3) is 6.24. The van der Waals surface area contributed by atoms with Gasteiger partial charge in [-0.3, -0.25) is 5.32 Å². The molecule has 0 aliphatic carbocycles. The van der Waals surface area contributed by atoms with Crippen LogP contribution in [0.2, 0.25) is 0 Å². The van der Waals surface area contributed by atoms with Crippen molar-refractivity contribution in [2.45, 2.75) is 78.3 Å². The molecule has 0 aromatic heterocycles. The van der Waals surface area contributed by atoms with Crippen molar-refractivity contribution in [2.24, 2.45) is 5.41 Å². The number of hydrogen-bond donors (Lipinski definition) is 1. The number of unbranched alkanes of at least 4 members (excludes halogenated alkanes) is 1. The average Bonchev–Trinajstić information content (AvgIpc) is 2.33. The standard InChI is InChI=1S/C17H33N3/c1-15(2)19-17(5,13-18)10-6-7-11-20-12-8-9-16(3,4)14-20/h15,19H,6-12,14H2,1-5H3. The van der Waals surface area contributed by atoms with Crippen LogP contribution in [0.3, 0.4) is 0 Å². The van der Waals surface area contributed by atoms with Crippen molar-refractivity contribution < 1.29 is 0 Å². The van der Waals surface area contributed by atoms with Gasteiger partial charge in [-0.2, -0.15) is 5.26 Å². The van der Waals surface area contributed by atoms with E-state index in [1.165, 1.54) is 38.9 Å². The minimum Gasteiger partial charge on any atom is -0.303 e. The first-order chi connectivity index (χ1) is 9.26. The molecule has 0 radical (unpaired) electrons. The summed E-state index contributed by atoms with van der Waals surface area (Å²) in [5.41, 5.74) is 0.119. The molecule has 0 amide bonds. The lowest BCUT2D eigenvalue weighted by Gasteiger charge is -2.38. The average molecular weight is 279 g/mol. The lowest BCUT2D eigenvalue weighted by Crippen LogP contribution is -2.45. The molecule has 0 bridgehead atoms. The van der Waals surface area contributed by atoms with Gasteiger partial charge in [-0.25, -0.2) is 0 Å². The highest BCUT2D eigenvalue weighted by Crippen LogP contribution is 2.28. The Hall–Kier alpha value is -0.590. The second-order valence-electron chi connectivity index (χ2n) is 7.74. The van der Waals surface area contributed by atoms with Crippen molar-refractivity contribution in [3.63, 3.8) is 0 Å². The molecule has 116 valence electrons. The van der Waals surface area contributed by atoms with E-state index in [4.69, 9.17) is 0 Å². The van der Waals surface area contributed by atoms with Gasteiger partial charge in [-0.05, 0) is 71.4 Å². The van der Waals surface area contributed by atoms with Crippen LogP contribution in [0.5, 0.6) is 0 Å².